The molecule has 2 fully saturated rings. The molecule has 2 aromatic carbocycles. The molecule has 0 radical (unpaired) electrons. The van der Waals surface area contributed by atoms with Crippen LogP contribution in [-0.4, -0.2) is 57.4 Å². The van der Waals surface area contributed by atoms with Crippen LogP contribution in [0.1, 0.15) is 54.7 Å². The molecule has 1 aliphatic heterocycles. The fraction of sp³-hybridized carbons (Fsp3) is 0.359. The lowest BCUT2D eigenvalue weighted by Gasteiger charge is -2.26. The lowest BCUT2D eigenvalue weighted by atomic mass is 9.86. The number of nitrogens with one attached hydrogen (secondary N) is 4. The maximum atomic E-state index is 13.6. The standard InChI is InChI=1S/C39H40Cl2FN7O4S/c1-21-16-30(48-38(53-20-42)28(21)18-43-17-24-12-13-32(50)46-24)27-6-2-4-25(34(27)40)26-5-3-7-29(35(26)41)47-37-36-31(14-15-44-37)54-33(49-36)19-45-23-10-8-22(9-11-23)39(51)52/h2-7,14-16,22-24,43,45H,8-13,17-20H2,1H3,(H,44,47)(H,46,50)(H,51,52). The number of thiazole rings is 1. The number of carbonyl (C=O) groups is 2. The minimum absolute atomic E-state index is 0.0495. The molecule has 2 aliphatic rings. The van der Waals surface area contributed by atoms with Crippen molar-refractivity contribution in [2.75, 3.05) is 18.7 Å². The zero-order chi connectivity index (χ0) is 37.8. The van der Waals surface area contributed by atoms with Gasteiger partial charge in [-0.05, 0) is 62.8 Å². The molecule has 0 spiro atoms. The number of nitrogens with zero attached hydrogens (tertiary/aromatic N) is 3. The lowest BCUT2D eigenvalue weighted by Crippen LogP contribution is -2.35. The Balaban J connectivity index is 1.09. The number of aromatic nitrogens is 3. The third-order valence-corrected chi connectivity index (χ3v) is 11.9. The fourth-order valence-electron chi connectivity index (χ4n) is 7.14. The van der Waals surface area contributed by atoms with Gasteiger partial charge in [0.25, 0.3) is 0 Å². The van der Waals surface area contributed by atoms with Crippen molar-refractivity contribution in [3.63, 3.8) is 0 Å². The van der Waals surface area contributed by atoms with Gasteiger partial charge in [0.05, 0.1) is 32.0 Å². The quantitative estimate of drug-likeness (QED) is 0.0745. The number of amides is 1. The Hall–Kier alpha value is -4.40. The van der Waals surface area contributed by atoms with E-state index < -0.39 is 12.8 Å². The first-order valence-corrected chi connectivity index (χ1v) is 19.5. The summed E-state index contributed by atoms with van der Waals surface area (Å²) in [7, 11) is 0. The van der Waals surface area contributed by atoms with Crippen LogP contribution >= 0.6 is 34.5 Å². The number of hydrogen-bond donors (Lipinski definition) is 5. The number of halogens is 3. The SMILES string of the molecule is Cc1cc(-c2cccc(-c3cccc(Nc4nccc5sc(CNC6CCC(C(=O)O)CC6)nc45)c3Cl)c2Cl)nc(OCF)c1CNCC1CCC(=O)N1. The molecule has 5 N–H and O–H groups in total. The number of benzene rings is 2. The molecule has 1 saturated heterocycles. The third-order valence-electron chi connectivity index (χ3n) is 10.1. The molecular weight excluding hydrogens is 752 g/mol. The van der Waals surface area contributed by atoms with Gasteiger partial charge >= 0.3 is 5.97 Å². The van der Waals surface area contributed by atoms with E-state index in [9.17, 15) is 19.1 Å². The highest BCUT2D eigenvalue weighted by Crippen LogP contribution is 2.43. The molecule has 1 aliphatic carbocycles. The summed E-state index contributed by atoms with van der Waals surface area (Å²) >= 11 is 15.8. The first-order chi connectivity index (χ1) is 26.2. The molecule has 1 atom stereocenters. The van der Waals surface area contributed by atoms with Crippen molar-refractivity contribution < 1.29 is 23.8 Å². The number of alkyl halides is 1. The van der Waals surface area contributed by atoms with Gasteiger partial charge in [-0.15, -0.1) is 11.3 Å². The number of fused-ring (bicyclic) bond motifs is 1. The maximum Gasteiger partial charge on any atom is 0.306 e. The van der Waals surface area contributed by atoms with Gasteiger partial charge in [-0.25, -0.2) is 19.3 Å². The van der Waals surface area contributed by atoms with Crippen molar-refractivity contribution >= 4 is 68.1 Å². The average molecular weight is 793 g/mol. The average Bonchev–Trinajstić information content (AvgIpc) is 3.79. The van der Waals surface area contributed by atoms with Gasteiger partial charge in [0.1, 0.15) is 10.5 Å². The predicted molar refractivity (Wildman–Crippen MR) is 210 cm³/mol. The van der Waals surface area contributed by atoms with Crippen molar-refractivity contribution in [3.05, 3.63) is 80.9 Å². The van der Waals surface area contributed by atoms with Crippen LogP contribution in [0.5, 0.6) is 5.88 Å². The van der Waals surface area contributed by atoms with Gasteiger partial charge in [0.15, 0.2) is 5.82 Å². The summed E-state index contributed by atoms with van der Waals surface area (Å²) in [6.07, 6.45) is 6.05. The molecule has 15 heteroatoms. The summed E-state index contributed by atoms with van der Waals surface area (Å²) in [6, 6.07) is 15.4. The molecule has 0 bridgehead atoms. The molecule has 3 aromatic heterocycles. The largest absolute Gasteiger partial charge is 0.481 e. The van der Waals surface area contributed by atoms with Crippen LogP contribution in [0.2, 0.25) is 10.0 Å². The molecule has 1 amide bonds. The van der Waals surface area contributed by atoms with Crippen molar-refractivity contribution in [2.45, 2.75) is 70.6 Å². The number of aryl methyl sites for hydroxylation is 1. The lowest BCUT2D eigenvalue weighted by molar-refractivity contribution is -0.142. The van der Waals surface area contributed by atoms with Crippen molar-refractivity contribution in [2.24, 2.45) is 5.92 Å². The Morgan fingerprint density at radius 1 is 1.02 bits per heavy atom. The van der Waals surface area contributed by atoms with E-state index in [0.29, 0.717) is 82.8 Å². The van der Waals surface area contributed by atoms with E-state index >= 15 is 0 Å². The summed E-state index contributed by atoms with van der Waals surface area (Å²) in [5.41, 5.74) is 5.46. The summed E-state index contributed by atoms with van der Waals surface area (Å²) in [5.74, 6) is -0.167. The molecule has 4 heterocycles. The highest BCUT2D eigenvalue weighted by atomic mass is 35.5. The highest BCUT2D eigenvalue weighted by Gasteiger charge is 2.26. The molecule has 11 nitrogen and oxygen atoms in total. The van der Waals surface area contributed by atoms with E-state index in [1.54, 1.807) is 17.5 Å². The monoisotopic (exact) mass is 791 g/mol. The number of anilines is 2. The summed E-state index contributed by atoms with van der Waals surface area (Å²) in [5, 5.41) is 24.3. The first-order valence-electron chi connectivity index (χ1n) is 17.9. The van der Waals surface area contributed by atoms with Gasteiger partial charge < -0.3 is 31.1 Å². The van der Waals surface area contributed by atoms with Crippen LogP contribution in [0.25, 0.3) is 32.6 Å². The number of ether oxygens (including phenoxy) is 1. The van der Waals surface area contributed by atoms with Crippen LogP contribution in [0.3, 0.4) is 0 Å². The number of carboxylic acid groups (broad SMARTS) is 1. The normalized spacial score (nSPS) is 18.5. The van der Waals surface area contributed by atoms with Crippen LogP contribution in [0, 0.1) is 12.8 Å². The van der Waals surface area contributed by atoms with Gasteiger partial charge in [0, 0.05) is 66.6 Å². The van der Waals surface area contributed by atoms with Gasteiger partial charge in [-0.3, -0.25) is 9.59 Å². The molecule has 7 rings (SSSR count). The zero-order valence-corrected chi connectivity index (χ0v) is 31.9. The van der Waals surface area contributed by atoms with Crippen LogP contribution in [0.4, 0.5) is 15.9 Å². The van der Waals surface area contributed by atoms with Crippen LogP contribution in [-0.2, 0) is 22.7 Å². The molecule has 5 aromatic rings. The minimum Gasteiger partial charge on any atom is -0.481 e. The zero-order valence-electron chi connectivity index (χ0n) is 29.6. The number of aliphatic carboxylic acids is 1. The summed E-state index contributed by atoms with van der Waals surface area (Å²) in [4.78, 5) is 37.1. The number of carboxylic acids is 1. The third kappa shape index (κ3) is 8.45. The second-order valence-corrected chi connectivity index (χ2v) is 15.5. The maximum absolute atomic E-state index is 13.6. The first kappa shape index (κ1) is 37.9. The van der Waals surface area contributed by atoms with Crippen molar-refractivity contribution in [3.8, 4) is 28.3 Å². The minimum atomic E-state index is -1.04. The summed E-state index contributed by atoms with van der Waals surface area (Å²) < 4.78 is 19.9. The Morgan fingerprint density at radius 3 is 2.52 bits per heavy atom. The van der Waals surface area contributed by atoms with E-state index in [1.807, 2.05) is 55.5 Å². The smallest absolute Gasteiger partial charge is 0.306 e. The molecule has 1 unspecified atom stereocenters. The molecule has 282 valence electrons. The summed E-state index contributed by atoms with van der Waals surface area (Å²) in [6.45, 7) is 2.44. The van der Waals surface area contributed by atoms with Gasteiger partial charge in [-0.2, -0.15) is 0 Å². The highest BCUT2D eigenvalue weighted by molar-refractivity contribution is 7.18. The predicted octanol–water partition coefficient (Wildman–Crippen LogP) is 8.19. The van der Waals surface area contributed by atoms with E-state index in [4.69, 9.17) is 32.9 Å². The Bertz CT molecular complexity index is 2180. The van der Waals surface area contributed by atoms with Crippen molar-refractivity contribution in [1.82, 2.24) is 30.9 Å². The second kappa shape index (κ2) is 17.0. The molecule has 1 saturated carbocycles. The second-order valence-electron chi connectivity index (χ2n) is 13.6. The molecule has 54 heavy (non-hydrogen) atoms. The fourth-order valence-corrected chi connectivity index (χ4v) is 8.66. The Labute approximate surface area is 326 Å². The molecular formula is C39H40Cl2FN7O4S. The van der Waals surface area contributed by atoms with Crippen LogP contribution in [0.15, 0.2) is 54.7 Å². The van der Waals surface area contributed by atoms with Crippen LogP contribution < -0.4 is 26.0 Å². The van der Waals surface area contributed by atoms with Gasteiger partial charge in [0.2, 0.25) is 18.6 Å². The van der Waals surface area contributed by atoms with E-state index in [1.165, 1.54) is 0 Å². The number of carbonyl (C=O) groups excluding carboxylic acids is 1. The van der Waals surface area contributed by atoms with E-state index in [2.05, 4.69) is 31.2 Å². The number of rotatable bonds is 14. The van der Waals surface area contributed by atoms with E-state index in [-0.39, 0.29) is 29.8 Å². The topological polar surface area (TPSA) is 150 Å². The van der Waals surface area contributed by atoms with Gasteiger partial charge in [-0.1, -0.05) is 53.5 Å². The van der Waals surface area contributed by atoms with Crippen molar-refractivity contribution in [1.29, 1.82) is 0 Å². The Morgan fingerprint density at radius 2 is 1.78 bits per heavy atom. The van der Waals surface area contributed by atoms with E-state index in [0.717, 1.165) is 45.6 Å². The Kier molecular flexibility index (Phi) is 11.9. The number of hydrogen-bond acceptors (Lipinski definition) is 10. The number of pyridine rings is 2.